The molecular formula is C19H25F3N2O2. The lowest BCUT2D eigenvalue weighted by Gasteiger charge is -2.38. The average Bonchev–Trinajstić information content (AvgIpc) is 3.45. The van der Waals surface area contributed by atoms with Gasteiger partial charge in [0.05, 0.1) is 5.56 Å². The summed E-state index contributed by atoms with van der Waals surface area (Å²) in [4.78, 5) is 12.2. The van der Waals surface area contributed by atoms with Crippen LogP contribution in [0.1, 0.15) is 43.7 Å². The second kappa shape index (κ2) is 7.47. The molecule has 0 spiro atoms. The van der Waals surface area contributed by atoms with Crippen molar-refractivity contribution in [2.24, 2.45) is 5.92 Å². The monoisotopic (exact) mass is 370 g/mol. The Balaban J connectivity index is 1.73. The first-order valence-corrected chi connectivity index (χ1v) is 9.10. The highest BCUT2D eigenvalue weighted by Gasteiger charge is 2.38. The molecule has 2 aliphatic rings. The summed E-state index contributed by atoms with van der Waals surface area (Å²) in [7, 11) is 0. The highest BCUT2D eigenvalue weighted by atomic mass is 19.4. The predicted octanol–water partition coefficient (Wildman–Crippen LogP) is 3.85. The zero-order chi connectivity index (χ0) is 18.8. The number of amides is 2. The molecule has 0 unspecified atom stereocenters. The summed E-state index contributed by atoms with van der Waals surface area (Å²) >= 11 is 0. The smallest absolute Gasteiger partial charge is 0.381 e. The molecular weight excluding hydrogens is 345 g/mol. The van der Waals surface area contributed by atoms with Crippen molar-refractivity contribution >= 4 is 6.03 Å². The van der Waals surface area contributed by atoms with Gasteiger partial charge in [-0.2, -0.15) is 13.2 Å². The van der Waals surface area contributed by atoms with E-state index in [0.29, 0.717) is 44.1 Å². The average molecular weight is 370 g/mol. The number of nitrogens with one attached hydrogen (secondary N) is 2. The van der Waals surface area contributed by atoms with Crippen LogP contribution in [0, 0.1) is 5.92 Å². The number of halogens is 3. The van der Waals surface area contributed by atoms with E-state index in [2.05, 4.69) is 10.6 Å². The van der Waals surface area contributed by atoms with Crippen LogP contribution in [0.4, 0.5) is 18.0 Å². The van der Waals surface area contributed by atoms with Gasteiger partial charge in [-0.3, -0.25) is 0 Å². The zero-order valence-corrected chi connectivity index (χ0v) is 14.9. The molecule has 1 aliphatic carbocycles. The number of carbonyl (C=O) groups is 1. The number of hydrogen-bond acceptors (Lipinski definition) is 2. The molecule has 7 heteroatoms. The van der Waals surface area contributed by atoms with E-state index in [9.17, 15) is 18.0 Å². The Kier molecular flexibility index (Phi) is 5.46. The van der Waals surface area contributed by atoms with Crippen LogP contribution in [0.2, 0.25) is 0 Å². The number of carbonyl (C=O) groups excluding carboxylic acids is 1. The van der Waals surface area contributed by atoms with E-state index >= 15 is 0 Å². The summed E-state index contributed by atoms with van der Waals surface area (Å²) in [5, 5.41) is 5.80. The third kappa shape index (κ3) is 4.50. The second-order valence-corrected chi connectivity index (χ2v) is 7.42. The molecule has 1 atom stereocenters. The van der Waals surface area contributed by atoms with Crippen molar-refractivity contribution in [1.29, 1.82) is 0 Å². The molecule has 0 radical (unpaired) electrons. The largest absolute Gasteiger partial charge is 0.416 e. The van der Waals surface area contributed by atoms with Crippen LogP contribution in [0.3, 0.4) is 0 Å². The fraction of sp³-hybridized carbons (Fsp3) is 0.632. The summed E-state index contributed by atoms with van der Waals surface area (Å²) in [5.41, 5.74) is -0.599. The summed E-state index contributed by atoms with van der Waals surface area (Å²) in [6, 6.07) is 5.29. The number of benzene rings is 1. The van der Waals surface area contributed by atoms with Crippen molar-refractivity contribution in [2.75, 3.05) is 19.8 Å². The van der Waals surface area contributed by atoms with Crippen LogP contribution in [-0.4, -0.2) is 31.8 Å². The summed E-state index contributed by atoms with van der Waals surface area (Å²) in [6.07, 6.45) is -0.966. The minimum Gasteiger partial charge on any atom is -0.381 e. The Morgan fingerprint density at radius 2 is 2.00 bits per heavy atom. The molecule has 26 heavy (non-hydrogen) atoms. The van der Waals surface area contributed by atoms with Gasteiger partial charge >= 0.3 is 12.2 Å². The van der Waals surface area contributed by atoms with Crippen molar-refractivity contribution in [3.63, 3.8) is 0 Å². The molecule has 144 valence electrons. The number of urea groups is 1. The Labute approximate surface area is 151 Å². The van der Waals surface area contributed by atoms with E-state index < -0.39 is 17.2 Å². The van der Waals surface area contributed by atoms with Crippen LogP contribution >= 0.6 is 0 Å². The van der Waals surface area contributed by atoms with Gasteiger partial charge in [-0.25, -0.2) is 4.79 Å². The molecule has 3 rings (SSSR count). The van der Waals surface area contributed by atoms with Crippen molar-refractivity contribution in [1.82, 2.24) is 10.6 Å². The Hall–Kier alpha value is -1.76. The summed E-state index contributed by atoms with van der Waals surface area (Å²) in [6.45, 7) is 3.21. The molecule has 1 aromatic rings. The predicted molar refractivity (Wildman–Crippen MR) is 91.9 cm³/mol. The Morgan fingerprint density at radius 3 is 2.62 bits per heavy atom. The minimum atomic E-state index is -4.38. The maximum Gasteiger partial charge on any atom is 0.416 e. The lowest BCUT2D eigenvalue weighted by Crippen LogP contribution is -2.49. The molecule has 0 bridgehead atoms. The quantitative estimate of drug-likeness (QED) is 0.827. The molecule has 1 saturated heterocycles. The van der Waals surface area contributed by atoms with Gasteiger partial charge in [-0.15, -0.1) is 0 Å². The topological polar surface area (TPSA) is 50.4 Å². The first-order valence-electron chi connectivity index (χ1n) is 9.10. The van der Waals surface area contributed by atoms with Gasteiger partial charge in [0, 0.05) is 31.2 Å². The maximum absolute atomic E-state index is 13.1. The fourth-order valence-corrected chi connectivity index (χ4v) is 3.58. The molecule has 0 aromatic heterocycles. The van der Waals surface area contributed by atoms with E-state index in [4.69, 9.17) is 4.74 Å². The van der Waals surface area contributed by atoms with Gasteiger partial charge in [-0.1, -0.05) is 18.2 Å². The van der Waals surface area contributed by atoms with Crippen molar-refractivity contribution < 1.29 is 22.7 Å². The molecule has 2 N–H and O–H groups in total. The van der Waals surface area contributed by atoms with E-state index in [1.54, 1.807) is 6.07 Å². The fourth-order valence-electron chi connectivity index (χ4n) is 3.58. The third-order valence-electron chi connectivity index (χ3n) is 5.53. The van der Waals surface area contributed by atoms with E-state index in [-0.39, 0.29) is 12.1 Å². The van der Waals surface area contributed by atoms with Gasteiger partial charge < -0.3 is 15.4 Å². The molecule has 1 aromatic carbocycles. The molecule has 4 nitrogen and oxygen atoms in total. The highest BCUT2D eigenvalue weighted by Crippen LogP contribution is 2.38. The van der Waals surface area contributed by atoms with Crippen LogP contribution in [-0.2, 0) is 16.3 Å². The summed E-state index contributed by atoms with van der Waals surface area (Å²) < 4.78 is 44.7. The van der Waals surface area contributed by atoms with E-state index in [0.717, 1.165) is 18.9 Å². The number of hydrogen-bond donors (Lipinski definition) is 2. The Bertz CT molecular complexity index is 638. The zero-order valence-electron chi connectivity index (χ0n) is 14.9. The standard InChI is InChI=1S/C19H25F3N2O2/c1-13(14-5-6-14)24-17(25)23-12-18(7-9-26-10-8-18)15-3-2-4-16(11-15)19(20,21)22/h2-4,11,13-14H,5-10,12H2,1H3,(H2,23,24,25)/t13-/m0/s1. The van der Waals surface area contributed by atoms with Gasteiger partial charge in [0.15, 0.2) is 0 Å². The van der Waals surface area contributed by atoms with E-state index in [1.807, 2.05) is 6.92 Å². The maximum atomic E-state index is 13.1. The van der Waals surface area contributed by atoms with Gasteiger partial charge in [-0.05, 0) is 50.2 Å². The van der Waals surface area contributed by atoms with Crippen molar-refractivity contribution in [3.05, 3.63) is 35.4 Å². The lowest BCUT2D eigenvalue weighted by molar-refractivity contribution is -0.137. The SMILES string of the molecule is C[C@H](NC(=O)NCC1(c2cccc(C(F)(F)F)c2)CCOCC1)C1CC1. The first kappa shape index (κ1) is 19.0. The molecule has 1 heterocycles. The van der Waals surface area contributed by atoms with Crippen LogP contribution in [0.25, 0.3) is 0 Å². The Morgan fingerprint density at radius 1 is 1.31 bits per heavy atom. The third-order valence-corrected chi connectivity index (χ3v) is 5.53. The lowest BCUT2D eigenvalue weighted by atomic mass is 9.73. The van der Waals surface area contributed by atoms with Crippen molar-refractivity contribution in [2.45, 2.75) is 50.2 Å². The normalized spacial score (nSPS) is 21.1. The number of rotatable bonds is 5. The first-order chi connectivity index (χ1) is 12.3. The van der Waals surface area contributed by atoms with Gasteiger partial charge in [0.1, 0.15) is 0 Å². The van der Waals surface area contributed by atoms with Gasteiger partial charge in [0.25, 0.3) is 0 Å². The molecule has 2 fully saturated rings. The van der Waals surface area contributed by atoms with Crippen LogP contribution in [0.5, 0.6) is 0 Å². The van der Waals surface area contributed by atoms with Crippen LogP contribution < -0.4 is 10.6 Å². The summed E-state index contributed by atoms with van der Waals surface area (Å²) in [5.74, 6) is 0.543. The molecule has 1 aliphatic heterocycles. The second-order valence-electron chi connectivity index (χ2n) is 7.42. The number of ether oxygens (including phenoxy) is 1. The minimum absolute atomic E-state index is 0.120. The molecule has 2 amide bonds. The molecule has 1 saturated carbocycles. The van der Waals surface area contributed by atoms with Crippen molar-refractivity contribution in [3.8, 4) is 0 Å². The van der Waals surface area contributed by atoms with Gasteiger partial charge in [0.2, 0.25) is 0 Å². The van der Waals surface area contributed by atoms with Crippen LogP contribution in [0.15, 0.2) is 24.3 Å². The van der Waals surface area contributed by atoms with E-state index in [1.165, 1.54) is 12.1 Å². The highest BCUT2D eigenvalue weighted by molar-refractivity contribution is 5.74. The number of alkyl halides is 3.